The Bertz CT molecular complexity index is 759. The second-order valence-electron chi connectivity index (χ2n) is 7.88. The Morgan fingerprint density at radius 2 is 1.79 bits per heavy atom. The summed E-state index contributed by atoms with van der Waals surface area (Å²) < 4.78 is 5.27. The van der Waals surface area contributed by atoms with Gasteiger partial charge in [-0.15, -0.1) is 0 Å². The van der Waals surface area contributed by atoms with Gasteiger partial charge in [-0.3, -0.25) is 9.80 Å². The van der Waals surface area contributed by atoms with E-state index < -0.39 is 0 Å². The van der Waals surface area contributed by atoms with E-state index in [0.717, 1.165) is 50.0 Å². The Hall–Kier alpha value is -1.75. The van der Waals surface area contributed by atoms with Crippen molar-refractivity contribution < 1.29 is 4.74 Å². The molecule has 0 amide bonds. The third kappa shape index (κ3) is 4.80. The van der Waals surface area contributed by atoms with E-state index in [1.54, 1.807) is 7.11 Å². The summed E-state index contributed by atoms with van der Waals surface area (Å²) in [5, 5.41) is 0.834. The van der Waals surface area contributed by atoms with Gasteiger partial charge in [-0.05, 0) is 61.3 Å². The van der Waals surface area contributed by atoms with Crippen LogP contribution in [0.15, 0.2) is 48.5 Å². The Balaban J connectivity index is 1.30. The number of hydrogen-bond acceptors (Lipinski definition) is 4. The molecule has 0 N–H and O–H groups in total. The molecule has 1 unspecified atom stereocenters. The average Bonchev–Trinajstić information content (AvgIpc) is 2.74. The van der Waals surface area contributed by atoms with E-state index in [2.05, 4.69) is 57.2 Å². The maximum Gasteiger partial charge on any atom is 0.119 e. The van der Waals surface area contributed by atoms with Crippen molar-refractivity contribution in [3.05, 3.63) is 59.1 Å². The van der Waals surface area contributed by atoms with Gasteiger partial charge >= 0.3 is 0 Å². The minimum atomic E-state index is 0.672. The minimum Gasteiger partial charge on any atom is -0.497 e. The molecule has 0 spiro atoms. The van der Waals surface area contributed by atoms with Gasteiger partial charge < -0.3 is 9.64 Å². The molecule has 2 aromatic carbocycles. The third-order valence-electron chi connectivity index (χ3n) is 6.04. The number of nitrogens with zero attached hydrogens (tertiary/aromatic N) is 3. The zero-order chi connectivity index (χ0) is 19.3. The van der Waals surface area contributed by atoms with Crippen LogP contribution < -0.4 is 9.64 Å². The maximum absolute atomic E-state index is 6.16. The van der Waals surface area contributed by atoms with Crippen LogP contribution in [0.3, 0.4) is 0 Å². The lowest BCUT2D eigenvalue weighted by Crippen LogP contribution is -2.55. The molecule has 2 fully saturated rings. The highest BCUT2D eigenvalue weighted by Crippen LogP contribution is 2.24. The first-order valence-electron chi connectivity index (χ1n) is 10.3. The highest BCUT2D eigenvalue weighted by Gasteiger charge is 2.28. The Morgan fingerprint density at radius 1 is 1.00 bits per heavy atom. The highest BCUT2D eigenvalue weighted by atomic mass is 35.5. The van der Waals surface area contributed by atoms with Crippen LogP contribution in [0.4, 0.5) is 5.69 Å². The van der Waals surface area contributed by atoms with E-state index in [4.69, 9.17) is 16.3 Å². The molecule has 2 heterocycles. The predicted octanol–water partition coefficient (Wildman–Crippen LogP) is 4.14. The number of likely N-dealkylation sites (tertiary alicyclic amines) is 1. The molecule has 150 valence electrons. The van der Waals surface area contributed by atoms with Crippen LogP contribution in [0.25, 0.3) is 0 Å². The summed E-state index contributed by atoms with van der Waals surface area (Å²) in [4.78, 5) is 7.78. The van der Waals surface area contributed by atoms with Gasteiger partial charge in [0.25, 0.3) is 0 Å². The molecule has 5 heteroatoms. The van der Waals surface area contributed by atoms with Gasteiger partial charge in [0.2, 0.25) is 0 Å². The molecular weight excluding hydrogens is 370 g/mol. The zero-order valence-corrected chi connectivity index (χ0v) is 17.4. The molecule has 0 radical (unpaired) electrons. The maximum atomic E-state index is 6.16. The number of piperazine rings is 1. The van der Waals surface area contributed by atoms with Crippen molar-refractivity contribution in [2.45, 2.75) is 25.4 Å². The quantitative estimate of drug-likeness (QED) is 0.752. The molecule has 2 aliphatic rings. The second-order valence-corrected chi connectivity index (χ2v) is 8.32. The van der Waals surface area contributed by atoms with Crippen molar-refractivity contribution in [1.29, 1.82) is 0 Å². The molecule has 0 aliphatic carbocycles. The highest BCUT2D eigenvalue weighted by molar-refractivity contribution is 6.30. The first kappa shape index (κ1) is 19.6. The fraction of sp³-hybridized carbons (Fsp3) is 0.478. The molecule has 0 bridgehead atoms. The molecule has 2 aromatic rings. The van der Waals surface area contributed by atoms with Crippen LogP contribution in [0.2, 0.25) is 5.02 Å². The summed E-state index contributed by atoms with van der Waals surface area (Å²) in [7, 11) is 1.72. The smallest absolute Gasteiger partial charge is 0.119 e. The van der Waals surface area contributed by atoms with Crippen LogP contribution in [-0.2, 0) is 6.54 Å². The summed E-state index contributed by atoms with van der Waals surface area (Å²) >= 11 is 6.16. The van der Waals surface area contributed by atoms with E-state index >= 15 is 0 Å². The Morgan fingerprint density at radius 3 is 2.50 bits per heavy atom. The lowest BCUT2D eigenvalue weighted by atomic mass is 10.0. The number of halogens is 1. The molecule has 1 atom stereocenters. The second kappa shape index (κ2) is 9.17. The van der Waals surface area contributed by atoms with E-state index in [-0.39, 0.29) is 0 Å². The van der Waals surface area contributed by atoms with Crippen molar-refractivity contribution in [3.8, 4) is 5.75 Å². The predicted molar refractivity (Wildman–Crippen MR) is 117 cm³/mol. The first-order chi connectivity index (χ1) is 13.7. The fourth-order valence-corrected chi connectivity index (χ4v) is 4.72. The van der Waals surface area contributed by atoms with Gasteiger partial charge in [0.1, 0.15) is 5.75 Å². The van der Waals surface area contributed by atoms with Gasteiger partial charge in [0.15, 0.2) is 0 Å². The molecule has 0 aromatic heterocycles. The van der Waals surface area contributed by atoms with Gasteiger partial charge in [-0.1, -0.05) is 23.7 Å². The minimum absolute atomic E-state index is 0.672. The lowest BCUT2D eigenvalue weighted by Gasteiger charge is -2.44. The van der Waals surface area contributed by atoms with Crippen molar-refractivity contribution in [3.63, 3.8) is 0 Å². The molecule has 4 rings (SSSR count). The summed E-state index contributed by atoms with van der Waals surface area (Å²) in [6, 6.07) is 17.4. The monoisotopic (exact) mass is 399 g/mol. The van der Waals surface area contributed by atoms with E-state index in [1.807, 2.05) is 6.07 Å². The summed E-state index contributed by atoms with van der Waals surface area (Å²) in [6.45, 7) is 7.82. The average molecular weight is 400 g/mol. The van der Waals surface area contributed by atoms with E-state index in [0.29, 0.717) is 6.04 Å². The number of rotatable bonds is 5. The molecule has 2 aliphatic heterocycles. The normalized spacial score (nSPS) is 21.6. The van der Waals surface area contributed by atoms with Gasteiger partial charge in [-0.2, -0.15) is 0 Å². The van der Waals surface area contributed by atoms with Gasteiger partial charge in [-0.25, -0.2) is 0 Å². The molecule has 4 nitrogen and oxygen atoms in total. The van der Waals surface area contributed by atoms with Crippen LogP contribution in [0, 0.1) is 0 Å². The van der Waals surface area contributed by atoms with E-state index in [9.17, 15) is 0 Å². The van der Waals surface area contributed by atoms with Crippen LogP contribution >= 0.6 is 11.6 Å². The summed E-state index contributed by atoms with van der Waals surface area (Å²) in [5.41, 5.74) is 2.61. The van der Waals surface area contributed by atoms with Crippen LogP contribution in [-0.4, -0.2) is 62.2 Å². The summed E-state index contributed by atoms with van der Waals surface area (Å²) in [6.07, 6.45) is 2.60. The number of ether oxygens (including phenoxy) is 1. The molecular formula is C23H30ClN3O. The van der Waals surface area contributed by atoms with Crippen molar-refractivity contribution >= 4 is 17.3 Å². The molecule has 2 saturated heterocycles. The van der Waals surface area contributed by atoms with Gasteiger partial charge in [0.05, 0.1) is 7.11 Å². The largest absolute Gasteiger partial charge is 0.497 e. The summed E-state index contributed by atoms with van der Waals surface area (Å²) in [5.74, 6) is 0.921. The van der Waals surface area contributed by atoms with Crippen LogP contribution in [0.5, 0.6) is 5.75 Å². The fourth-order valence-electron chi connectivity index (χ4n) is 4.50. The van der Waals surface area contributed by atoms with E-state index in [1.165, 1.54) is 30.6 Å². The van der Waals surface area contributed by atoms with Crippen molar-refractivity contribution in [2.24, 2.45) is 0 Å². The number of methoxy groups -OCH3 is 1. The number of anilines is 1. The number of hydrogen-bond donors (Lipinski definition) is 0. The lowest BCUT2D eigenvalue weighted by molar-refractivity contribution is 0.0888. The zero-order valence-electron chi connectivity index (χ0n) is 16.7. The standard InChI is InChI=1S/C23H30ClN3O/c1-28-23-9-7-21(8-10-23)26-12-14-27(15-13-26)22-6-3-11-25(18-22)17-19-4-2-5-20(24)16-19/h2,4-5,7-10,16,22H,3,6,11-15,17-18H2,1H3. The number of piperidine rings is 1. The van der Waals surface area contributed by atoms with Crippen molar-refractivity contribution in [1.82, 2.24) is 9.80 Å². The van der Waals surface area contributed by atoms with Crippen molar-refractivity contribution in [2.75, 3.05) is 51.3 Å². The Kier molecular flexibility index (Phi) is 6.40. The SMILES string of the molecule is COc1ccc(N2CCN(C3CCCN(Cc4cccc(Cl)c4)C3)CC2)cc1. The topological polar surface area (TPSA) is 19.0 Å². The van der Waals surface area contributed by atoms with Gasteiger partial charge in [0, 0.05) is 56.0 Å². The van der Waals surface area contributed by atoms with Crippen LogP contribution in [0.1, 0.15) is 18.4 Å². The molecule has 28 heavy (non-hydrogen) atoms. The third-order valence-corrected chi connectivity index (χ3v) is 6.28. The molecule has 0 saturated carbocycles. The first-order valence-corrected chi connectivity index (χ1v) is 10.7. The Labute approximate surface area is 173 Å². The number of benzene rings is 2.